The predicted molar refractivity (Wildman–Crippen MR) is 67.9 cm³/mol. The summed E-state index contributed by atoms with van der Waals surface area (Å²) < 4.78 is 1.12. The molecule has 2 heterocycles. The standard InChI is InChI=1S/C13H10N2OS/c16-12(10-4-6-14-15-8-10)11-3-1-2-9-5-7-17-13(9)11/h1-8,12,16H. The fourth-order valence-electron chi connectivity index (χ4n) is 1.87. The molecule has 0 fully saturated rings. The molecule has 17 heavy (non-hydrogen) atoms. The Morgan fingerprint density at radius 3 is 2.88 bits per heavy atom. The van der Waals surface area contributed by atoms with Crippen molar-refractivity contribution in [3.05, 3.63) is 59.2 Å². The molecule has 1 N–H and O–H groups in total. The number of benzene rings is 1. The molecule has 4 heteroatoms. The van der Waals surface area contributed by atoms with Crippen molar-refractivity contribution in [2.24, 2.45) is 0 Å². The molecular weight excluding hydrogens is 232 g/mol. The highest BCUT2D eigenvalue weighted by Crippen LogP contribution is 2.31. The van der Waals surface area contributed by atoms with Crippen LogP contribution < -0.4 is 0 Å². The third-order valence-electron chi connectivity index (χ3n) is 2.73. The van der Waals surface area contributed by atoms with Gasteiger partial charge in [-0.15, -0.1) is 11.3 Å². The zero-order chi connectivity index (χ0) is 11.7. The van der Waals surface area contributed by atoms with Crippen molar-refractivity contribution < 1.29 is 5.11 Å². The van der Waals surface area contributed by atoms with Gasteiger partial charge in [0.1, 0.15) is 6.10 Å². The number of fused-ring (bicyclic) bond motifs is 1. The molecule has 3 rings (SSSR count). The van der Waals surface area contributed by atoms with Crippen LogP contribution in [-0.2, 0) is 0 Å². The second-order valence-electron chi connectivity index (χ2n) is 3.76. The summed E-state index contributed by atoms with van der Waals surface area (Å²) in [4.78, 5) is 0. The summed E-state index contributed by atoms with van der Waals surface area (Å²) in [6, 6.07) is 9.80. The molecule has 1 aromatic carbocycles. The molecule has 0 aliphatic carbocycles. The molecule has 84 valence electrons. The number of thiophene rings is 1. The van der Waals surface area contributed by atoms with Gasteiger partial charge in [0.15, 0.2) is 0 Å². The van der Waals surface area contributed by atoms with Gasteiger partial charge in [0.2, 0.25) is 0 Å². The van der Waals surface area contributed by atoms with Gasteiger partial charge in [-0.1, -0.05) is 18.2 Å². The minimum Gasteiger partial charge on any atom is -0.384 e. The normalized spacial score (nSPS) is 12.8. The van der Waals surface area contributed by atoms with E-state index < -0.39 is 6.10 Å². The van der Waals surface area contributed by atoms with Gasteiger partial charge in [-0.05, 0) is 22.9 Å². The zero-order valence-corrected chi connectivity index (χ0v) is 9.76. The van der Waals surface area contributed by atoms with Crippen LogP contribution in [0.3, 0.4) is 0 Å². The SMILES string of the molecule is OC(c1ccnnc1)c1cccc2ccsc12. The Kier molecular flexibility index (Phi) is 2.59. The van der Waals surface area contributed by atoms with Crippen LogP contribution in [-0.4, -0.2) is 15.3 Å². The number of hydrogen-bond acceptors (Lipinski definition) is 4. The number of aromatic nitrogens is 2. The van der Waals surface area contributed by atoms with Crippen LogP contribution >= 0.6 is 11.3 Å². The van der Waals surface area contributed by atoms with Crippen LogP contribution in [0.25, 0.3) is 10.1 Å². The Hall–Kier alpha value is -1.78. The second-order valence-corrected chi connectivity index (χ2v) is 4.68. The highest BCUT2D eigenvalue weighted by molar-refractivity contribution is 7.17. The number of aliphatic hydroxyl groups excluding tert-OH is 1. The Balaban J connectivity index is 2.13. The molecule has 0 aliphatic rings. The average molecular weight is 242 g/mol. The number of aliphatic hydroxyl groups is 1. The van der Waals surface area contributed by atoms with Gasteiger partial charge >= 0.3 is 0 Å². The summed E-state index contributed by atoms with van der Waals surface area (Å²) in [5.74, 6) is 0. The van der Waals surface area contributed by atoms with Gasteiger partial charge in [0.25, 0.3) is 0 Å². The molecule has 2 aromatic heterocycles. The first-order chi connectivity index (χ1) is 8.36. The molecule has 3 nitrogen and oxygen atoms in total. The van der Waals surface area contributed by atoms with Crippen molar-refractivity contribution in [1.82, 2.24) is 10.2 Å². The Morgan fingerprint density at radius 2 is 2.06 bits per heavy atom. The van der Waals surface area contributed by atoms with Crippen molar-refractivity contribution in [1.29, 1.82) is 0 Å². The van der Waals surface area contributed by atoms with Crippen LogP contribution in [0.4, 0.5) is 0 Å². The fourth-order valence-corrected chi connectivity index (χ4v) is 2.81. The molecule has 0 saturated heterocycles. The minimum atomic E-state index is -0.646. The third-order valence-corrected chi connectivity index (χ3v) is 3.71. The maximum absolute atomic E-state index is 10.3. The van der Waals surface area contributed by atoms with Gasteiger partial charge in [-0.25, -0.2) is 0 Å². The van der Waals surface area contributed by atoms with E-state index >= 15 is 0 Å². The van der Waals surface area contributed by atoms with Crippen molar-refractivity contribution >= 4 is 21.4 Å². The second kappa shape index (κ2) is 4.24. The predicted octanol–water partition coefficient (Wildman–Crippen LogP) is 2.77. The zero-order valence-electron chi connectivity index (χ0n) is 8.95. The topological polar surface area (TPSA) is 46.0 Å². The highest BCUT2D eigenvalue weighted by atomic mass is 32.1. The minimum absolute atomic E-state index is 0.646. The Morgan fingerprint density at radius 1 is 1.12 bits per heavy atom. The molecule has 0 spiro atoms. The van der Waals surface area contributed by atoms with Crippen LogP contribution in [0.2, 0.25) is 0 Å². The van der Waals surface area contributed by atoms with E-state index in [1.54, 1.807) is 29.8 Å². The van der Waals surface area contributed by atoms with Gasteiger partial charge in [0.05, 0.1) is 6.20 Å². The number of hydrogen-bond donors (Lipinski definition) is 1. The molecule has 0 amide bonds. The lowest BCUT2D eigenvalue weighted by molar-refractivity contribution is 0.221. The smallest absolute Gasteiger partial charge is 0.107 e. The monoisotopic (exact) mass is 242 g/mol. The van der Waals surface area contributed by atoms with E-state index in [-0.39, 0.29) is 0 Å². The van der Waals surface area contributed by atoms with E-state index in [0.717, 1.165) is 21.2 Å². The Labute approximate surface area is 102 Å². The van der Waals surface area contributed by atoms with Gasteiger partial charge in [-0.2, -0.15) is 10.2 Å². The first-order valence-corrected chi connectivity index (χ1v) is 6.15. The molecule has 0 aliphatic heterocycles. The van der Waals surface area contributed by atoms with Crippen molar-refractivity contribution in [2.75, 3.05) is 0 Å². The lowest BCUT2D eigenvalue weighted by Crippen LogP contribution is -2.00. The first kappa shape index (κ1) is 10.4. The number of rotatable bonds is 2. The maximum Gasteiger partial charge on any atom is 0.107 e. The Bertz CT molecular complexity index is 636. The summed E-state index contributed by atoms with van der Waals surface area (Å²) in [6.45, 7) is 0. The van der Waals surface area contributed by atoms with Crippen LogP contribution in [0.15, 0.2) is 48.1 Å². The van der Waals surface area contributed by atoms with E-state index in [0.29, 0.717) is 0 Å². The molecule has 1 unspecified atom stereocenters. The van der Waals surface area contributed by atoms with E-state index in [9.17, 15) is 5.11 Å². The van der Waals surface area contributed by atoms with Gasteiger partial charge in [-0.3, -0.25) is 0 Å². The van der Waals surface area contributed by atoms with Crippen LogP contribution in [0, 0.1) is 0 Å². The van der Waals surface area contributed by atoms with Crippen molar-refractivity contribution in [3.8, 4) is 0 Å². The number of nitrogens with zero attached hydrogens (tertiary/aromatic N) is 2. The average Bonchev–Trinajstić information content (AvgIpc) is 2.87. The maximum atomic E-state index is 10.3. The highest BCUT2D eigenvalue weighted by Gasteiger charge is 2.14. The lowest BCUT2D eigenvalue weighted by atomic mass is 10.0. The summed E-state index contributed by atoms with van der Waals surface area (Å²) >= 11 is 1.64. The summed E-state index contributed by atoms with van der Waals surface area (Å²) in [5.41, 5.74) is 1.69. The molecular formula is C13H10N2OS. The fraction of sp³-hybridized carbons (Fsp3) is 0.0769. The van der Waals surface area contributed by atoms with Crippen LogP contribution in [0.1, 0.15) is 17.2 Å². The van der Waals surface area contributed by atoms with E-state index in [2.05, 4.69) is 16.3 Å². The van der Waals surface area contributed by atoms with Gasteiger partial charge in [0, 0.05) is 22.0 Å². The van der Waals surface area contributed by atoms with Gasteiger partial charge < -0.3 is 5.11 Å². The largest absolute Gasteiger partial charge is 0.384 e. The molecule has 0 bridgehead atoms. The summed E-state index contributed by atoms with van der Waals surface area (Å²) in [6.07, 6.45) is 2.54. The molecule has 0 saturated carbocycles. The van der Waals surface area contributed by atoms with E-state index in [1.165, 1.54) is 0 Å². The summed E-state index contributed by atoms with van der Waals surface area (Å²) in [7, 11) is 0. The van der Waals surface area contributed by atoms with E-state index in [4.69, 9.17) is 0 Å². The van der Waals surface area contributed by atoms with Crippen molar-refractivity contribution in [2.45, 2.75) is 6.10 Å². The lowest BCUT2D eigenvalue weighted by Gasteiger charge is -2.11. The summed E-state index contributed by atoms with van der Waals surface area (Å²) in [5, 5.41) is 21.0. The van der Waals surface area contributed by atoms with E-state index in [1.807, 2.05) is 23.6 Å². The van der Waals surface area contributed by atoms with Crippen molar-refractivity contribution in [3.63, 3.8) is 0 Å². The third kappa shape index (κ3) is 1.81. The van der Waals surface area contributed by atoms with Crippen LogP contribution in [0.5, 0.6) is 0 Å². The first-order valence-electron chi connectivity index (χ1n) is 5.27. The molecule has 3 aromatic rings. The molecule has 1 atom stereocenters. The quantitative estimate of drug-likeness (QED) is 0.751. The molecule has 0 radical (unpaired) electrons.